The van der Waals surface area contributed by atoms with E-state index in [2.05, 4.69) is 4.98 Å². The number of fused-ring (bicyclic) bond motifs is 2. The first-order chi connectivity index (χ1) is 16.7. The number of nitrogens with zero attached hydrogens (tertiary/aromatic N) is 2. The Morgan fingerprint density at radius 2 is 1.38 bits per heavy atom. The molecule has 0 fully saturated rings. The fraction of sp³-hybridized carbons (Fsp3) is 0.276. The Morgan fingerprint density at radius 3 is 1.95 bits per heavy atom. The lowest BCUT2D eigenvalue weighted by Crippen LogP contribution is -2.26. The molecule has 0 amide bonds. The fourth-order valence-electron chi connectivity index (χ4n) is 3.26. The van der Waals surface area contributed by atoms with Gasteiger partial charge in [-0.1, -0.05) is 0 Å². The maximum absolute atomic E-state index is 11.9. The van der Waals surface area contributed by atoms with Crippen LogP contribution in [0.4, 0.5) is 5.82 Å². The molecule has 2 N–H and O–H groups in total. The smallest absolute Gasteiger partial charge is 0.338 e. The number of pyridine rings is 2. The minimum absolute atomic E-state index is 0. The highest BCUT2D eigenvalue weighted by atomic mass is 16.6. The third kappa shape index (κ3) is 8.17. The summed E-state index contributed by atoms with van der Waals surface area (Å²) in [6, 6.07) is 17.1. The van der Waals surface area contributed by atoms with Crippen LogP contribution in [0.2, 0.25) is 0 Å². The van der Waals surface area contributed by atoms with Crippen molar-refractivity contribution in [1.29, 1.82) is 0 Å². The number of ether oxygens (including phenoxy) is 2. The van der Waals surface area contributed by atoms with Crippen LogP contribution in [0, 0.1) is 12.6 Å². The number of carbonyl (C=O) groups is 2. The number of esters is 2. The van der Waals surface area contributed by atoms with Crippen molar-refractivity contribution in [3.05, 3.63) is 90.6 Å². The molecule has 0 atom stereocenters. The molecule has 0 spiro atoms. The minimum Gasteiger partial charge on any atom is -1.00 e. The van der Waals surface area contributed by atoms with E-state index in [1.165, 1.54) is 6.20 Å². The van der Waals surface area contributed by atoms with Gasteiger partial charge in [-0.05, 0) is 90.1 Å². The van der Waals surface area contributed by atoms with E-state index >= 15 is 0 Å². The molecule has 0 unspecified atom stereocenters. The number of aromatic nitrogens is 2. The van der Waals surface area contributed by atoms with Crippen LogP contribution in [-0.4, -0.2) is 28.1 Å². The quantitative estimate of drug-likeness (QED) is 0.159. The molecule has 0 aliphatic carbocycles. The molecule has 0 radical (unpaired) electrons. The van der Waals surface area contributed by atoms with Gasteiger partial charge in [-0.15, -0.1) is 0 Å². The second kappa shape index (κ2) is 11.2. The van der Waals surface area contributed by atoms with E-state index in [1.807, 2.05) is 47.6 Å². The highest BCUT2D eigenvalue weighted by Crippen LogP contribution is 2.19. The van der Waals surface area contributed by atoms with Gasteiger partial charge in [0.1, 0.15) is 17.0 Å². The van der Waals surface area contributed by atoms with E-state index < -0.39 is 11.2 Å². The maximum atomic E-state index is 11.9. The molecule has 0 saturated carbocycles. The van der Waals surface area contributed by atoms with Gasteiger partial charge in [0.2, 0.25) is 5.52 Å². The van der Waals surface area contributed by atoms with Gasteiger partial charge in [-0.2, -0.15) is 4.73 Å². The van der Waals surface area contributed by atoms with Crippen molar-refractivity contribution in [2.45, 2.75) is 52.7 Å². The van der Waals surface area contributed by atoms with Crippen LogP contribution in [-0.2, 0) is 9.47 Å². The van der Waals surface area contributed by atoms with Crippen LogP contribution in [0.15, 0.2) is 66.9 Å². The molecule has 37 heavy (non-hydrogen) atoms. The van der Waals surface area contributed by atoms with E-state index in [4.69, 9.17) is 15.2 Å². The SMILES string of the molecule is CC(C)(C)OC(=O)c1ccc2c(ccc[n+]2[O-])c1.CC(C)(C)OC(=O)c1ccc2nc(N)ccc2c1.[2H-].[CH3-]. The van der Waals surface area contributed by atoms with Gasteiger partial charge in [0.05, 0.1) is 16.6 Å². The Balaban J connectivity index is 0.000000361. The zero-order chi connectivity index (χ0) is 26.7. The summed E-state index contributed by atoms with van der Waals surface area (Å²) >= 11 is 0. The standard InChI is InChI=1S/C14H16N2O2.C14H15NO3.CH3.H/c1-14(2,3)18-13(17)10-4-6-11-9(8-10)5-7-12(15)16-11;1-14(2,3)18-13(16)11-6-7-12-10(9-11)5-4-8-15(12)17;;/h4-8H,1-3H3,(H2,15,16);4-9H,1-3H3;1H3;/q;;2*-1/i;;;1+1. The summed E-state index contributed by atoms with van der Waals surface area (Å²) in [5, 5.41) is 13.1. The molecule has 2 heterocycles. The number of hydrogen-bond acceptors (Lipinski definition) is 7. The summed E-state index contributed by atoms with van der Waals surface area (Å²) in [4.78, 5) is 28.0. The molecule has 4 rings (SSSR count). The molecule has 4 aromatic rings. The van der Waals surface area contributed by atoms with Gasteiger partial charge >= 0.3 is 11.9 Å². The molecular formula is C29H35N3O5-2. The molecule has 2 aromatic heterocycles. The molecule has 2 aromatic carbocycles. The highest BCUT2D eigenvalue weighted by Gasteiger charge is 2.19. The Bertz CT molecular complexity index is 1430. The molecule has 8 heteroatoms. The van der Waals surface area contributed by atoms with Gasteiger partial charge < -0.3 is 29.3 Å². The second-order valence-electron chi connectivity index (χ2n) is 10.3. The summed E-state index contributed by atoms with van der Waals surface area (Å²) in [5.41, 5.74) is 6.84. The van der Waals surface area contributed by atoms with Gasteiger partial charge in [-0.25, -0.2) is 14.6 Å². The Hall–Kier alpha value is -4.20. The Morgan fingerprint density at radius 1 is 0.838 bits per heavy atom. The molecule has 0 aliphatic heterocycles. The van der Waals surface area contributed by atoms with Crippen LogP contribution in [0.1, 0.15) is 63.7 Å². The molecule has 8 nitrogen and oxygen atoms in total. The van der Waals surface area contributed by atoms with E-state index in [-0.39, 0.29) is 20.8 Å². The molecule has 0 bridgehead atoms. The Kier molecular flexibility index (Phi) is 8.82. The summed E-state index contributed by atoms with van der Waals surface area (Å²) < 4.78 is 11.4. The predicted octanol–water partition coefficient (Wildman–Crippen LogP) is 5.76. The molecule has 0 aliphatic rings. The third-order valence-electron chi connectivity index (χ3n) is 4.74. The number of hydrogen-bond donors (Lipinski definition) is 1. The second-order valence-corrected chi connectivity index (χ2v) is 10.3. The van der Waals surface area contributed by atoms with Gasteiger partial charge in [0, 0.05) is 22.9 Å². The van der Waals surface area contributed by atoms with E-state index in [9.17, 15) is 14.8 Å². The van der Waals surface area contributed by atoms with Crippen molar-refractivity contribution < 1.29 is 25.2 Å². The first kappa shape index (κ1) is 29.0. The number of nitrogens with two attached hydrogens (primary N) is 1. The molecule has 198 valence electrons. The summed E-state index contributed by atoms with van der Waals surface area (Å²) in [6.07, 6.45) is 1.43. The zero-order valence-corrected chi connectivity index (χ0v) is 22.4. The van der Waals surface area contributed by atoms with Crippen molar-refractivity contribution in [3.8, 4) is 0 Å². The van der Waals surface area contributed by atoms with Crippen LogP contribution in [0.3, 0.4) is 0 Å². The summed E-state index contributed by atoms with van der Waals surface area (Å²) in [5.74, 6) is -0.251. The predicted molar refractivity (Wildman–Crippen MR) is 147 cm³/mol. The summed E-state index contributed by atoms with van der Waals surface area (Å²) in [6.45, 7) is 11.0. The van der Waals surface area contributed by atoms with Crippen molar-refractivity contribution in [2.75, 3.05) is 5.73 Å². The number of nitrogen functional groups attached to an aromatic ring is 1. The van der Waals surface area contributed by atoms with E-state index in [1.54, 1.807) is 54.6 Å². The van der Waals surface area contributed by atoms with E-state index in [0.29, 0.717) is 22.5 Å². The summed E-state index contributed by atoms with van der Waals surface area (Å²) in [7, 11) is 0. The molecule has 0 saturated heterocycles. The van der Waals surface area contributed by atoms with Gasteiger partial charge in [-0.3, -0.25) is 0 Å². The highest BCUT2D eigenvalue weighted by molar-refractivity contribution is 5.95. The van der Waals surface area contributed by atoms with Crippen LogP contribution >= 0.6 is 0 Å². The lowest BCUT2D eigenvalue weighted by Gasteiger charge is -2.19. The average Bonchev–Trinajstić information content (AvgIpc) is 2.77. The van der Waals surface area contributed by atoms with Gasteiger partial charge in [0.25, 0.3) is 0 Å². The zero-order valence-electron chi connectivity index (χ0n) is 23.4. The number of benzene rings is 2. The number of rotatable bonds is 2. The van der Waals surface area contributed by atoms with Gasteiger partial charge in [0.15, 0.2) is 6.20 Å². The van der Waals surface area contributed by atoms with Crippen molar-refractivity contribution in [3.63, 3.8) is 0 Å². The minimum atomic E-state index is -0.527. The number of anilines is 1. The average molecular weight is 507 g/mol. The number of carbonyl (C=O) groups excluding carboxylic acids is 2. The topological polar surface area (TPSA) is 118 Å². The van der Waals surface area contributed by atoms with Crippen LogP contribution in [0.5, 0.6) is 0 Å². The first-order valence-corrected chi connectivity index (χ1v) is 11.5. The first-order valence-electron chi connectivity index (χ1n) is 11.5. The normalized spacial score (nSPS) is 11.2. The Labute approximate surface area is 219 Å². The molecular weight excluding hydrogens is 470 g/mol. The lowest BCUT2D eigenvalue weighted by atomic mass is 10.1. The largest absolute Gasteiger partial charge is 1.00 e. The maximum Gasteiger partial charge on any atom is 0.338 e. The lowest BCUT2D eigenvalue weighted by molar-refractivity contribution is -0.577. The fourth-order valence-corrected chi connectivity index (χ4v) is 3.26. The van der Waals surface area contributed by atoms with Crippen molar-refractivity contribution in [2.24, 2.45) is 0 Å². The monoisotopic (exact) mass is 506 g/mol. The van der Waals surface area contributed by atoms with E-state index in [0.717, 1.165) is 21.0 Å². The van der Waals surface area contributed by atoms with Crippen molar-refractivity contribution >= 4 is 39.6 Å². The van der Waals surface area contributed by atoms with Crippen LogP contribution < -0.4 is 10.5 Å². The third-order valence-corrected chi connectivity index (χ3v) is 4.74. The van der Waals surface area contributed by atoms with Crippen molar-refractivity contribution in [1.82, 2.24) is 4.98 Å². The van der Waals surface area contributed by atoms with Crippen LogP contribution in [0.25, 0.3) is 21.8 Å².